The molecule has 3 aliphatic rings. The van der Waals surface area contributed by atoms with Gasteiger partial charge in [-0.05, 0) is 68.6 Å². The fraction of sp³-hybridized carbons (Fsp3) is 0.519. The number of rotatable bonds is 8. The van der Waals surface area contributed by atoms with Crippen molar-refractivity contribution in [2.75, 3.05) is 39.4 Å². The zero-order valence-corrected chi connectivity index (χ0v) is 20.4. The lowest BCUT2D eigenvalue weighted by molar-refractivity contribution is -0.0675. The summed E-state index contributed by atoms with van der Waals surface area (Å²) in [6.07, 6.45) is 4.50. The van der Waals surface area contributed by atoms with Crippen molar-refractivity contribution in [1.82, 2.24) is 15.1 Å². The van der Waals surface area contributed by atoms with E-state index in [-0.39, 0.29) is 12.0 Å². The summed E-state index contributed by atoms with van der Waals surface area (Å²) in [5.74, 6) is 0.589. The number of ether oxygens (including phenoxy) is 2. The van der Waals surface area contributed by atoms with Gasteiger partial charge in [0.1, 0.15) is 18.5 Å². The normalized spacial score (nSPS) is 22.4. The number of nitrogens with one attached hydrogen (secondary N) is 1. The molecule has 1 amide bonds. The zero-order chi connectivity index (χ0) is 23.3. The van der Waals surface area contributed by atoms with Gasteiger partial charge in [0.05, 0.1) is 12.2 Å². The van der Waals surface area contributed by atoms with E-state index in [1.807, 2.05) is 36.4 Å². The van der Waals surface area contributed by atoms with Gasteiger partial charge in [0.15, 0.2) is 0 Å². The molecule has 1 N–H and O–H groups in total. The molecule has 34 heavy (non-hydrogen) atoms. The number of carbonyl (C=O) groups excluding carboxylic acids is 1. The molecule has 3 fully saturated rings. The van der Waals surface area contributed by atoms with E-state index in [0.717, 1.165) is 57.2 Å². The molecule has 6 nitrogen and oxygen atoms in total. The maximum Gasteiger partial charge on any atom is 0.255 e. The maximum atomic E-state index is 12.5. The van der Waals surface area contributed by atoms with Crippen LogP contribution in [-0.4, -0.2) is 73.3 Å². The molecule has 1 atom stereocenters. The van der Waals surface area contributed by atoms with Crippen LogP contribution in [0.3, 0.4) is 0 Å². The second kappa shape index (κ2) is 11.1. The number of hydrogen-bond donors (Lipinski definition) is 1. The van der Waals surface area contributed by atoms with Gasteiger partial charge in [-0.15, -0.1) is 0 Å². The second-order valence-corrected chi connectivity index (χ2v) is 10.1. The van der Waals surface area contributed by atoms with Gasteiger partial charge in [0, 0.05) is 36.7 Å². The van der Waals surface area contributed by atoms with E-state index in [9.17, 15) is 4.79 Å². The zero-order valence-electron chi connectivity index (χ0n) is 19.6. The Hall–Kier alpha value is -2.12. The fourth-order valence-electron chi connectivity index (χ4n) is 4.92. The number of para-hydroxylation sites is 1. The van der Waals surface area contributed by atoms with E-state index < -0.39 is 0 Å². The Morgan fingerprint density at radius 1 is 1.03 bits per heavy atom. The highest BCUT2D eigenvalue weighted by molar-refractivity contribution is 6.30. The van der Waals surface area contributed by atoms with Crippen molar-refractivity contribution in [1.29, 1.82) is 0 Å². The number of carbonyl (C=O) groups is 1. The first-order valence-electron chi connectivity index (χ1n) is 12.5. The van der Waals surface area contributed by atoms with Crippen LogP contribution in [0.5, 0.6) is 5.75 Å². The average Bonchev–Trinajstić information content (AvgIpc) is 3.69. The minimum atomic E-state index is -0.0466. The molecule has 2 aromatic carbocycles. The number of nitrogens with zero attached hydrogens (tertiary/aromatic N) is 2. The topological polar surface area (TPSA) is 54.0 Å². The van der Waals surface area contributed by atoms with Gasteiger partial charge in [-0.3, -0.25) is 14.6 Å². The first-order valence-corrected chi connectivity index (χ1v) is 12.9. The quantitative estimate of drug-likeness (QED) is 0.615. The van der Waals surface area contributed by atoms with Crippen LogP contribution in [0.4, 0.5) is 0 Å². The lowest BCUT2D eigenvalue weighted by Gasteiger charge is -2.42. The minimum absolute atomic E-state index is 0.0143. The first kappa shape index (κ1) is 23.6. The van der Waals surface area contributed by atoms with Crippen molar-refractivity contribution in [2.45, 2.75) is 50.4 Å². The summed E-state index contributed by atoms with van der Waals surface area (Å²) in [7, 11) is 0. The third-order valence-electron chi connectivity index (χ3n) is 7.03. The summed E-state index contributed by atoms with van der Waals surface area (Å²) in [4.78, 5) is 17.6. The molecule has 1 aliphatic carbocycles. The van der Waals surface area contributed by atoms with E-state index in [4.69, 9.17) is 21.1 Å². The van der Waals surface area contributed by atoms with Gasteiger partial charge in [-0.25, -0.2) is 0 Å². The van der Waals surface area contributed by atoms with E-state index in [0.29, 0.717) is 30.0 Å². The number of piperidine rings is 1. The average molecular weight is 484 g/mol. The summed E-state index contributed by atoms with van der Waals surface area (Å²) >= 11 is 6.01. The molecule has 2 aromatic rings. The molecule has 7 heteroatoms. The van der Waals surface area contributed by atoms with Gasteiger partial charge in [-0.1, -0.05) is 35.9 Å². The van der Waals surface area contributed by atoms with Gasteiger partial charge >= 0.3 is 0 Å². The molecule has 182 valence electrons. The Morgan fingerprint density at radius 3 is 2.56 bits per heavy atom. The van der Waals surface area contributed by atoms with E-state index in [2.05, 4.69) is 27.2 Å². The van der Waals surface area contributed by atoms with Crippen molar-refractivity contribution in [3.05, 3.63) is 64.7 Å². The van der Waals surface area contributed by atoms with Crippen molar-refractivity contribution in [2.24, 2.45) is 0 Å². The molecular weight excluding hydrogens is 450 g/mol. The van der Waals surface area contributed by atoms with Crippen LogP contribution in [0.15, 0.2) is 48.5 Å². The molecule has 2 heterocycles. The molecule has 1 saturated carbocycles. The van der Waals surface area contributed by atoms with Crippen LogP contribution < -0.4 is 10.1 Å². The Bertz CT molecular complexity index is 958. The SMILES string of the molecule is O=C(NC1CC1)c1ccccc1OCC1CN(C2CCN(Cc3ccc(Cl)cc3)CC2)CCO1. The third-order valence-corrected chi connectivity index (χ3v) is 7.28. The predicted molar refractivity (Wildman–Crippen MR) is 133 cm³/mol. The second-order valence-electron chi connectivity index (χ2n) is 9.68. The fourth-order valence-corrected chi connectivity index (χ4v) is 5.04. The highest BCUT2D eigenvalue weighted by Crippen LogP contribution is 2.24. The van der Waals surface area contributed by atoms with Crippen molar-refractivity contribution >= 4 is 17.5 Å². The van der Waals surface area contributed by atoms with Crippen molar-refractivity contribution in [3.8, 4) is 5.75 Å². The number of likely N-dealkylation sites (tertiary alicyclic amines) is 1. The minimum Gasteiger partial charge on any atom is -0.490 e. The molecule has 2 saturated heterocycles. The summed E-state index contributed by atoms with van der Waals surface area (Å²) in [5.41, 5.74) is 1.92. The molecule has 0 aromatic heterocycles. The third kappa shape index (κ3) is 6.30. The van der Waals surface area contributed by atoms with Gasteiger partial charge < -0.3 is 14.8 Å². The summed E-state index contributed by atoms with van der Waals surface area (Å²) in [6, 6.07) is 16.6. The molecule has 0 spiro atoms. The Balaban J connectivity index is 1.09. The first-order chi connectivity index (χ1) is 16.6. The Labute approximate surface area is 207 Å². The molecular formula is C27H34ClN3O3. The molecule has 0 bridgehead atoms. The predicted octanol–water partition coefficient (Wildman–Crippen LogP) is 3.98. The van der Waals surface area contributed by atoms with Crippen molar-refractivity contribution in [3.63, 3.8) is 0 Å². The summed E-state index contributed by atoms with van der Waals surface area (Å²) < 4.78 is 12.1. The maximum absolute atomic E-state index is 12.5. The Kier molecular flexibility index (Phi) is 7.70. The largest absolute Gasteiger partial charge is 0.490 e. The molecule has 5 rings (SSSR count). The van der Waals surface area contributed by atoms with Crippen LogP contribution in [0.25, 0.3) is 0 Å². The van der Waals surface area contributed by atoms with Crippen LogP contribution >= 0.6 is 11.6 Å². The van der Waals surface area contributed by atoms with Crippen LogP contribution in [0.1, 0.15) is 41.6 Å². The lowest BCUT2D eigenvalue weighted by atomic mass is 10.0. The number of hydrogen-bond acceptors (Lipinski definition) is 5. The standard InChI is InChI=1S/C27H34ClN3O3/c28-21-7-5-20(6-8-21)17-30-13-11-23(12-14-30)31-15-16-33-24(18-31)19-34-26-4-2-1-3-25(26)27(32)29-22-9-10-22/h1-8,22-24H,9-19H2,(H,29,32). The monoisotopic (exact) mass is 483 g/mol. The van der Waals surface area contributed by atoms with E-state index in [1.54, 1.807) is 0 Å². The highest BCUT2D eigenvalue weighted by atomic mass is 35.5. The van der Waals surface area contributed by atoms with Crippen LogP contribution in [0.2, 0.25) is 5.02 Å². The number of halogens is 1. The molecule has 2 aliphatic heterocycles. The number of morpholine rings is 1. The number of amides is 1. The smallest absolute Gasteiger partial charge is 0.255 e. The Morgan fingerprint density at radius 2 is 1.79 bits per heavy atom. The van der Waals surface area contributed by atoms with E-state index in [1.165, 1.54) is 18.4 Å². The van der Waals surface area contributed by atoms with Gasteiger partial charge in [0.2, 0.25) is 0 Å². The molecule has 0 radical (unpaired) electrons. The van der Waals surface area contributed by atoms with Gasteiger partial charge in [-0.2, -0.15) is 0 Å². The summed E-state index contributed by atoms with van der Waals surface area (Å²) in [6.45, 7) is 6.22. The number of benzene rings is 2. The lowest BCUT2D eigenvalue weighted by Crippen LogP contribution is -2.52. The van der Waals surface area contributed by atoms with E-state index >= 15 is 0 Å². The van der Waals surface area contributed by atoms with Gasteiger partial charge in [0.25, 0.3) is 5.91 Å². The van der Waals surface area contributed by atoms with Crippen LogP contribution in [-0.2, 0) is 11.3 Å². The van der Waals surface area contributed by atoms with Crippen molar-refractivity contribution < 1.29 is 14.3 Å². The molecule has 1 unspecified atom stereocenters. The highest BCUT2D eigenvalue weighted by Gasteiger charge is 2.30. The summed E-state index contributed by atoms with van der Waals surface area (Å²) in [5, 5.41) is 3.84. The van der Waals surface area contributed by atoms with Crippen LogP contribution in [0, 0.1) is 0 Å².